The Hall–Kier alpha value is -3.59. The monoisotopic (exact) mass is 476 g/mol. The van der Waals surface area contributed by atoms with Gasteiger partial charge in [-0.05, 0) is 18.9 Å². The largest absolute Gasteiger partial charge is 0.455 e. The van der Waals surface area contributed by atoms with Crippen molar-refractivity contribution < 1.29 is 31.5 Å². The Morgan fingerprint density at radius 1 is 1.24 bits per heavy atom. The number of hydrogen-bond acceptors (Lipinski definition) is 8. The Labute approximate surface area is 188 Å². The number of carbonyl (C=O) groups is 2. The Kier molecular flexibility index (Phi) is 5.75. The van der Waals surface area contributed by atoms with E-state index in [-0.39, 0.29) is 43.7 Å². The fourth-order valence-electron chi connectivity index (χ4n) is 3.78. The molecule has 1 N–H and O–H groups in total. The smallest absolute Gasteiger partial charge is 0.389 e. The topological polar surface area (TPSA) is 129 Å². The van der Waals surface area contributed by atoms with Gasteiger partial charge in [0, 0.05) is 24.6 Å². The second-order valence-electron chi connectivity index (χ2n) is 7.66. The molecule has 0 bridgehead atoms. The number of amides is 1. The number of aromatic nitrogens is 1. The minimum absolute atomic E-state index is 0.000762. The number of benzene rings is 1. The summed E-state index contributed by atoms with van der Waals surface area (Å²) in [5, 5.41) is 5.16. The molecule has 33 heavy (non-hydrogen) atoms. The van der Waals surface area contributed by atoms with Gasteiger partial charge in [0.25, 0.3) is 0 Å². The zero-order chi connectivity index (χ0) is 23.8. The molecule has 3 heterocycles. The van der Waals surface area contributed by atoms with Crippen LogP contribution in [-0.4, -0.2) is 38.4 Å². The van der Waals surface area contributed by atoms with Crippen molar-refractivity contribution in [3.8, 4) is 6.07 Å². The van der Waals surface area contributed by atoms with E-state index in [9.17, 15) is 32.0 Å². The molecule has 1 aromatic heterocycles. The number of nitrogens with zero attached hydrogens (tertiary/aromatic N) is 3. The molecule has 0 atom stereocenters. The summed E-state index contributed by atoms with van der Waals surface area (Å²) in [6.07, 6.45) is 0.328. The fourth-order valence-corrected chi connectivity index (χ4v) is 4.79. The van der Waals surface area contributed by atoms with E-state index in [0.29, 0.717) is 11.5 Å². The van der Waals surface area contributed by atoms with Crippen molar-refractivity contribution in [3.05, 3.63) is 58.8 Å². The summed E-state index contributed by atoms with van der Waals surface area (Å²) in [4.78, 5) is 30.3. The number of anilines is 1. The standard InChI is InChI=1S/C21H18F2N4O5S/c22-21(23,15-4-2-1-3-5-15)33(30,31)26-19(28)13-6-8-27(9-7-13)18-14(11-24)10-16-17(25-18)12-32-20(16)29/h1-5,10,13H,6-9,12H2,(H,26,28). The zero-order valence-electron chi connectivity index (χ0n) is 17.1. The number of hydrogen-bond donors (Lipinski definition) is 1. The maximum absolute atomic E-state index is 14.5. The lowest BCUT2D eigenvalue weighted by atomic mass is 9.96. The molecule has 0 aliphatic carbocycles. The summed E-state index contributed by atoms with van der Waals surface area (Å²) >= 11 is 0. The molecule has 1 saturated heterocycles. The van der Waals surface area contributed by atoms with Crippen molar-refractivity contribution in [2.24, 2.45) is 5.92 Å². The molecule has 1 aromatic carbocycles. The molecule has 9 nitrogen and oxygen atoms in total. The number of rotatable bonds is 5. The molecule has 0 saturated carbocycles. The summed E-state index contributed by atoms with van der Waals surface area (Å²) in [5.74, 6) is -2.04. The summed E-state index contributed by atoms with van der Waals surface area (Å²) in [5.41, 5.74) is 0.0621. The number of piperidine rings is 1. The third-order valence-electron chi connectivity index (χ3n) is 5.61. The Balaban J connectivity index is 1.44. The molecule has 0 spiro atoms. The van der Waals surface area contributed by atoms with Crippen molar-refractivity contribution in [3.63, 3.8) is 0 Å². The van der Waals surface area contributed by atoms with E-state index in [1.54, 1.807) is 4.90 Å². The quantitative estimate of drug-likeness (QED) is 0.649. The van der Waals surface area contributed by atoms with E-state index >= 15 is 0 Å². The van der Waals surface area contributed by atoms with Crippen molar-refractivity contribution in [2.45, 2.75) is 24.7 Å². The highest BCUT2D eigenvalue weighted by atomic mass is 32.2. The van der Waals surface area contributed by atoms with Gasteiger partial charge in [-0.15, -0.1) is 0 Å². The summed E-state index contributed by atoms with van der Waals surface area (Å²) in [7, 11) is -5.30. The average Bonchev–Trinajstić information content (AvgIpc) is 3.18. The first kappa shape index (κ1) is 22.6. The summed E-state index contributed by atoms with van der Waals surface area (Å²) < 4.78 is 59.9. The van der Waals surface area contributed by atoms with Gasteiger partial charge >= 0.3 is 21.2 Å². The van der Waals surface area contributed by atoms with Crippen LogP contribution in [-0.2, 0) is 31.4 Å². The molecule has 2 aliphatic heterocycles. The van der Waals surface area contributed by atoms with E-state index in [4.69, 9.17) is 4.74 Å². The number of sulfonamides is 1. The van der Waals surface area contributed by atoms with Gasteiger partial charge in [-0.2, -0.15) is 22.5 Å². The maximum Gasteiger partial charge on any atom is 0.389 e. The van der Waals surface area contributed by atoms with Crippen molar-refractivity contribution in [1.29, 1.82) is 5.26 Å². The highest BCUT2D eigenvalue weighted by Gasteiger charge is 2.48. The molecule has 172 valence electrons. The second kappa shape index (κ2) is 8.40. The van der Waals surface area contributed by atoms with Crippen LogP contribution in [0.5, 0.6) is 0 Å². The number of nitrogens with one attached hydrogen (secondary N) is 1. The SMILES string of the molecule is N#Cc1cc2c(nc1N1CCC(C(=O)NS(=O)(=O)C(F)(F)c3ccccc3)CC1)COC2=O. The molecular weight excluding hydrogens is 458 g/mol. The third kappa shape index (κ3) is 4.11. The maximum atomic E-state index is 14.5. The van der Waals surface area contributed by atoms with Crippen molar-refractivity contribution >= 4 is 27.7 Å². The molecule has 0 unspecified atom stereocenters. The Bertz CT molecular complexity index is 1250. The van der Waals surface area contributed by atoms with Gasteiger partial charge in [0.2, 0.25) is 5.91 Å². The number of pyridine rings is 1. The van der Waals surface area contributed by atoms with E-state index < -0.39 is 38.6 Å². The lowest BCUT2D eigenvalue weighted by molar-refractivity contribution is -0.123. The van der Waals surface area contributed by atoms with Gasteiger partial charge < -0.3 is 9.64 Å². The van der Waals surface area contributed by atoms with E-state index in [2.05, 4.69) is 4.98 Å². The van der Waals surface area contributed by atoms with Crippen LogP contribution in [0.25, 0.3) is 0 Å². The molecule has 2 aromatic rings. The number of carbonyl (C=O) groups excluding carboxylic acids is 2. The zero-order valence-corrected chi connectivity index (χ0v) is 17.9. The van der Waals surface area contributed by atoms with Gasteiger partial charge in [-0.3, -0.25) is 4.79 Å². The minimum atomic E-state index is -5.30. The van der Waals surface area contributed by atoms with Crippen LogP contribution in [0.1, 0.15) is 40.0 Å². The Morgan fingerprint density at radius 2 is 1.91 bits per heavy atom. The highest BCUT2D eigenvalue weighted by Crippen LogP contribution is 2.34. The van der Waals surface area contributed by atoms with Crippen LogP contribution < -0.4 is 9.62 Å². The molecular formula is C21H18F2N4O5S. The fraction of sp³-hybridized carbons (Fsp3) is 0.333. The first-order valence-electron chi connectivity index (χ1n) is 9.99. The summed E-state index contributed by atoms with van der Waals surface area (Å²) in [6.45, 7) is 0.476. The predicted molar refractivity (Wildman–Crippen MR) is 110 cm³/mol. The third-order valence-corrected chi connectivity index (χ3v) is 6.99. The van der Waals surface area contributed by atoms with Crippen molar-refractivity contribution in [2.75, 3.05) is 18.0 Å². The molecule has 4 rings (SSSR count). The van der Waals surface area contributed by atoms with Crippen LogP contribution >= 0.6 is 0 Å². The van der Waals surface area contributed by atoms with Gasteiger partial charge in [-0.25, -0.2) is 14.5 Å². The van der Waals surface area contributed by atoms with Crippen molar-refractivity contribution in [1.82, 2.24) is 9.71 Å². The number of cyclic esters (lactones) is 1. The average molecular weight is 476 g/mol. The first-order chi connectivity index (χ1) is 15.6. The number of esters is 1. The normalized spacial score (nSPS) is 16.6. The van der Waals surface area contributed by atoms with Crippen LogP contribution in [0.3, 0.4) is 0 Å². The molecule has 2 aliphatic rings. The lowest BCUT2D eigenvalue weighted by Gasteiger charge is -2.32. The van der Waals surface area contributed by atoms with Gasteiger partial charge in [0.15, 0.2) is 0 Å². The van der Waals surface area contributed by atoms with Crippen LogP contribution in [0.15, 0.2) is 36.4 Å². The van der Waals surface area contributed by atoms with E-state index in [1.807, 2.05) is 6.07 Å². The Morgan fingerprint density at radius 3 is 2.55 bits per heavy atom. The number of halogens is 2. The van der Waals surface area contributed by atoms with Gasteiger partial charge in [-0.1, -0.05) is 30.3 Å². The minimum Gasteiger partial charge on any atom is -0.455 e. The molecule has 1 amide bonds. The van der Waals surface area contributed by atoms with Gasteiger partial charge in [0.1, 0.15) is 18.5 Å². The first-order valence-corrected chi connectivity index (χ1v) is 11.5. The molecule has 0 radical (unpaired) electrons. The number of ether oxygens (including phenoxy) is 1. The number of fused-ring (bicyclic) bond motifs is 1. The van der Waals surface area contributed by atoms with Crippen LogP contribution in [0.4, 0.5) is 14.6 Å². The van der Waals surface area contributed by atoms with Crippen LogP contribution in [0.2, 0.25) is 0 Å². The van der Waals surface area contributed by atoms with Gasteiger partial charge in [0.05, 0.1) is 16.8 Å². The van der Waals surface area contributed by atoms with Crippen LogP contribution in [0, 0.1) is 17.2 Å². The molecule has 12 heteroatoms. The molecule has 1 fully saturated rings. The predicted octanol–water partition coefficient (Wildman–Crippen LogP) is 2.04. The number of alkyl halides is 2. The summed E-state index contributed by atoms with van der Waals surface area (Å²) in [6, 6.07) is 9.36. The second-order valence-corrected chi connectivity index (χ2v) is 9.38. The van der Waals surface area contributed by atoms with E-state index in [0.717, 1.165) is 12.1 Å². The van der Waals surface area contributed by atoms with E-state index in [1.165, 1.54) is 29.0 Å². The lowest BCUT2D eigenvalue weighted by Crippen LogP contribution is -2.46. The highest BCUT2D eigenvalue weighted by molar-refractivity contribution is 7.90. The number of nitriles is 1.